The summed E-state index contributed by atoms with van der Waals surface area (Å²) in [4.78, 5) is 24.7. The summed E-state index contributed by atoms with van der Waals surface area (Å²) in [7, 11) is 0. The minimum Gasteiger partial charge on any atom is -0.312 e. The molecule has 23 heavy (non-hydrogen) atoms. The van der Waals surface area contributed by atoms with E-state index in [-0.39, 0.29) is 11.2 Å². The predicted molar refractivity (Wildman–Crippen MR) is 83.1 cm³/mol. The second kappa shape index (κ2) is 5.49. The monoisotopic (exact) mass is 319 g/mol. The standard InChI is InChI=1S/C16H15F2N3O2/c1-3-6-20-9(2)15-12(8-14(20)22)19-21(16(15)23)13-5-4-10(17)7-11(13)18/h4-5,7-8,19H,3,6H2,1-2H3. The van der Waals surface area contributed by atoms with Crippen LogP contribution >= 0.6 is 0 Å². The summed E-state index contributed by atoms with van der Waals surface area (Å²) in [5.41, 5.74) is 0.0460. The van der Waals surface area contributed by atoms with Crippen LogP contribution in [0.3, 0.4) is 0 Å². The summed E-state index contributed by atoms with van der Waals surface area (Å²) >= 11 is 0. The number of nitrogens with one attached hydrogen (secondary N) is 1. The van der Waals surface area contributed by atoms with E-state index in [1.165, 1.54) is 16.7 Å². The van der Waals surface area contributed by atoms with Gasteiger partial charge in [-0.25, -0.2) is 13.5 Å². The molecule has 120 valence electrons. The van der Waals surface area contributed by atoms with E-state index in [0.29, 0.717) is 29.2 Å². The molecular weight excluding hydrogens is 304 g/mol. The van der Waals surface area contributed by atoms with E-state index < -0.39 is 17.2 Å². The van der Waals surface area contributed by atoms with Crippen molar-refractivity contribution in [2.24, 2.45) is 0 Å². The number of hydrogen-bond donors (Lipinski definition) is 1. The summed E-state index contributed by atoms with van der Waals surface area (Å²) < 4.78 is 29.5. The number of aromatic nitrogens is 3. The quantitative estimate of drug-likeness (QED) is 0.806. The molecule has 0 spiro atoms. The molecule has 0 bridgehead atoms. The fourth-order valence-electron chi connectivity index (χ4n) is 2.74. The minimum absolute atomic E-state index is 0.0958. The van der Waals surface area contributed by atoms with E-state index in [4.69, 9.17) is 0 Å². The molecule has 0 unspecified atom stereocenters. The number of H-pyrrole nitrogens is 1. The van der Waals surface area contributed by atoms with Crippen molar-refractivity contribution < 1.29 is 8.78 Å². The van der Waals surface area contributed by atoms with Crippen molar-refractivity contribution in [1.82, 2.24) is 14.3 Å². The van der Waals surface area contributed by atoms with Crippen LogP contribution in [0.25, 0.3) is 16.6 Å². The van der Waals surface area contributed by atoms with E-state index in [0.717, 1.165) is 17.2 Å². The Labute approximate surface area is 129 Å². The second-order valence-corrected chi connectivity index (χ2v) is 5.36. The molecule has 0 atom stereocenters. The average molecular weight is 319 g/mol. The maximum Gasteiger partial charge on any atom is 0.280 e. The van der Waals surface area contributed by atoms with Gasteiger partial charge in [0.05, 0.1) is 10.9 Å². The zero-order valence-electron chi connectivity index (χ0n) is 12.7. The zero-order chi connectivity index (χ0) is 16.7. The van der Waals surface area contributed by atoms with Gasteiger partial charge in [0, 0.05) is 24.4 Å². The van der Waals surface area contributed by atoms with Crippen LogP contribution in [0, 0.1) is 18.6 Å². The van der Waals surface area contributed by atoms with Gasteiger partial charge in [-0.05, 0) is 25.5 Å². The summed E-state index contributed by atoms with van der Waals surface area (Å²) in [5, 5.41) is 3.04. The maximum atomic E-state index is 13.9. The van der Waals surface area contributed by atoms with Crippen LogP contribution in [0.2, 0.25) is 0 Å². The van der Waals surface area contributed by atoms with Crippen molar-refractivity contribution in [1.29, 1.82) is 0 Å². The van der Waals surface area contributed by atoms with Crippen LogP contribution in [0.5, 0.6) is 0 Å². The Morgan fingerprint density at radius 2 is 1.91 bits per heavy atom. The SMILES string of the molecule is CCCn1c(C)c2c(=O)n(-c3ccc(F)cc3F)[nH]c2cc1=O. The lowest BCUT2D eigenvalue weighted by Gasteiger charge is -2.07. The molecule has 0 aliphatic carbocycles. The average Bonchev–Trinajstić information content (AvgIpc) is 2.80. The molecule has 3 rings (SSSR count). The lowest BCUT2D eigenvalue weighted by molar-refractivity contribution is 0.573. The number of hydrogen-bond acceptors (Lipinski definition) is 2. The highest BCUT2D eigenvalue weighted by atomic mass is 19.1. The molecule has 2 heterocycles. The van der Waals surface area contributed by atoms with E-state index >= 15 is 0 Å². The highest BCUT2D eigenvalue weighted by Crippen LogP contribution is 2.16. The van der Waals surface area contributed by atoms with Gasteiger partial charge in [-0.1, -0.05) is 6.92 Å². The van der Waals surface area contributed by atoms with Gasteiger partial charge in [0.2, 0.25) is 0 Å². The van der Waals surface area contributed by atoms with Gasteiger partial charge in [0.1, 0.15) is 11.5 Å². The fourth-order valence-corrected chi connectivity index (χ4v) is 2.74. The highest BCUT2D eigenvalue weighted by molar-refractivity contribution is 5.80. The topological polar surface area (TPSA) is 59.8 Å². The number of halogens is 2. The van der Waals surface area contributed by atoms with Crippen LogP contribution in [0.15, 0.2) is 33.9 Å². The van der Waals surface area contributed by atoms with Crippen LogP contribution in [-0.4, -0.2) is 14.3 Å². The van der Waals surface area contributed by atoms with Crippen molar-refractivity contribution in [2.45, 2.75) is 26.8 Å². The molecule has 1 aromatic carbocycles. The van der Waals surface area contributed by atoms with Crippen molar-refractivity contribution in [2.75, 3.05) is 0 Å². The third kappa shape index (κ3) is 2.38. The van der Waals surface area contributed by atoms with Crippen molar-refractivity contribution in [3.05, 3.63) is 62.3 Å². The van der Waals surface area contributed by atoms with Crippen LogP contribution in [0.4, 0.5) is 8.78 Å². The minimum atomic E-state index is -0.861. The van der Waals surface area contributed by atoms with E-state index in [2.05, 4.69) is 5.10 Å². The molecule has 1 N–H and O–H groups in total. The Kier molecular flexibility index (Phi) is 3.63. The lowest BCUT2D eigenvalue weighted by atomic mass is 10.2. The molecular formula is C16H15F2N3O2. The van der Waals surface area contributed by atoms with Crippen molar-refractivity contribution >= 4 is 10.9 Å². The summed E-state index contributed by atoms with van der Waals surface area (Å²) in [6.07, 6.45) is 0.747. The Morgan fingerprint density at radius 1 is 1.17 bits per heavy atom. The van der Waals surface area contributed by atoms with Gasteiger partial charge in [-0.3, -0.25) is 14.7 Å². The molecule has 0 aliphatic heterocycles. The fraction of sp³-hybridized carbons (Fsp3) is 0.250. The molecule has 7 heteroatoms. The summed E-state index contributed by atoms with van der Waals surface area (Å²) in [5.74, 6) is -1.59. The van der Waals surface area contributed by atoms with Gasteiger partial charge < -0.3 is 4.57 Å². The Morgan fingerprint density at radius 3 is 2.57 bits per heavy atom. The van der Waals surface area contributed by atoms with E-state index in [9.17, 15) is 18.4 Å². The molecule has 0 aliphatic rings. The van der Waals surface area contributed by atoms with Gasteiger partial charge in [0.25, 0.3) is 11.1 Å². The largest absolute Gasteiger partial charge is 0.312 e. The molecule has 2 aromatic heterocycles. The van der Waals surface area contributed by atoms with Gasteiger partial charge >= 0.3 is 0 Å². The van der Waals surface area contributed by atoms with Crippen LogP contribution < -0.4 is 11.1 Å². The number of rotatable bonds is 3. The smallest absolute Gasteiger partial charge is 0.280 e. The maximum absolute atomic E-state index is 13.9. The number of aromatic amines is 1. The highest BCUT2D eigenvalue weighted by Gasteiger charge is 2.16. The molecule has 3 aromatic rings. The normalized spacial score (nSPS) is 11.3. The second-order valence-electron chi connectivity index (χ2n) is 5.36. The number of benzene rings is 1. The summed E-state index contributed by atoms with van der Waals surface area (Å²) in [6.45, 7) is 4.11. The molecule has 5 nitrogen and oxygen atoms in total. The third-order valence-corrected chi connectivity index (χ3v) is 3.82. The molecule has 0 amide bonds. The molecule has 0 fully saturated rings. The number of aryl methyl sites for hydroxylation is 1. The first kappa shape index (κ1) is 15.2. The number of pyridine rings is 1. The molecule has 0 saturated carbocycles. The first-order chi connectivity index (χ1) is 10.9. The Balaban J connectivity index is 2.33. The van der Waals surface area contributed by atoms with Gasteiger partial charge in [0.15, 0.2) is 5.82 Å². The van der Waals surface area contributed by atoms with Gasteiger partial charge in [-0.2, -0.15) is 0 Å². The first-order valence-corrected chi connectivity index (χ1v) is 7.24. The van der Waals surface area contributed by atoms with E-state index in [1.807, 2.05) is 6.92 Å². The van der Waals surface area contributed by atoms with Crippen molar-refractivity contribution in [3.8, 4) is 5.69 Å². The van der Waals surface area contributed by atoms with Crippen LogP contribution in [-0.2, 0) is 6.54 Å². The molecule has 0 radical (unpaired) electrons. The Bertz CT molecular complexity index is 1010. The van der Waals surface area contributed by atoms with E-state index in [1.54, 1.807) is 6.92 Å². The number of nitrogens with zero attached hydrogens (tertiary/aromatic N) is 2. The Hall–Kier alpha value is -2.70. The third-order valence-electron chi connectivity index (χ3n) is 3.82. The van der Waals surface area contributed by atoms with Crippen LogP contribution in [0.1, 0.15) is 19.0 Å². The van der Waals surface area contributed by atoms with Gasteiger partial charge in [-0.15, -0.1) is 0 Å². The first-order valence-electron chi connectivity index (χ1n) is 7.24. The van der Waals surface area contributed by atoms with Crippen molar-refractivity contribution in [3.63, 3.8) is 0 Å². The summed E-state index contributed by atoms with van der Waals surface area (Å²) in [6, 6.07) is 4.27. The zero-order valence-corrected chi connectivity index (χ0v) is 12.7. The molecule has 0 saturated heterocycles. The lowest BCUT2D eigenvalue weighted by Crippen LogP contribution is -2.23. The number of fused-ring (bicyclic) bond motifs is 1. The predicted octanol–water partition coefficient (Wildman–Crippen LogP) is 2.48.